The molecule has 4 aromatic rings. The predicted molar refractivity (Wildman–Crippen MR) is 121 cm³/mol. The molecule has 9 nitrogen and oxygen atoms in total. The molecule has 164 valence electrons. The van der Waals surface area contributed by atoms with Crippen LogP contribution in [0.3, 0.4) is 0 Å². The molecule has 2 heterocycles. The lowest BCUT2D eigenvalue weighted by Crippen LogP contribution is -2.44. The third-order valence-electron chi connectivity index (χ3n) is 5.25. The summed E-state index contributed by atoms with van der Waals surface area (Å²) in [6.45, 7) is 1.12. The smallest absolute Gasteiger partial charge is 0.460 e. The number of rotatable bonds is 9. The highest BCUT2D eigenvalue weighted by Gasteiger charge is 2.18. The summed E-state index contributed by atoms with van der Waals surface area (Å²) in [7, 11) is 0. The average molecular weight is 432 g/mol. The highest BCUT2D eigenvalue weighted by Crippen LogP contribution is 2.16. The maximum absolute atomic E-state index is 12.5. The summed E-state index contributed by atoms with van der Waals surface area (Å²) >= 11 is 0. The monoisotopic (exact) mass is 432 g/mol. The third-order valence-corrected chi connectivity index (χ3v) is 5.25. The van der Waals surface area contributed by atoms with E-state index in [4.69, 9.17) is 0 Å². The number of para-hydroxylation sites is 3. The van der Waals surface area contributed by atoms with E-state index in [1.54, 1.807) is 36.5 Å². The van der Waals surface area contributed by atoms with Crippen molar-refractivity contribution >= 4 is 33.8 Å². The quantitative estimate of drug-likeness (QED) is 0.238. The first-order valence-corrected chi connectivity index (χ1v) is 10.6. The molecule has 2 aromatic carbocycles. The normalized spacial score (nSPS) is 11.0. The van der Waals surface area contributed by atoms with Gasteiger partial charge in [-0.1, -0.05) is 43.2 Å². The summed E-state index contributed by atoms with van der Waals surface area (Å²) in [6, 6.07) is 15.9. The van der Waals surface area contributed by atoms with E-state index in [0.29, 0.717) is 28.2 Å². The molecule has 0 aliphatic carbocycles. The van der Waals surface area contributed by atoms with Crippen LogP contribution in [-0.2, 0) is 0 Å². The van der Waals surface area contributed by atoms with Crippen LogP contribution in [0.4, 0.5) is 5.95 Å². The minimum Gasteiger partial charge on any atom is -0.739 e. The fraction of sp³-hybridized carbons (Fsp3) is 0.261. The first kappa shape index (κ1) is 21.2. The number of nitrogens with zero attached hydrogens (tertiary/aromatic N) is 4. The van der Waals surface area contributed by atoms with Gasteiger partial charge in [0.25, 0.3) is 11.4 Å². The van der Waals surface area contributed by atoms with E-state index < -0.39 is 0 Å². The van der Waals surface area contributed by atoms with E-state index in [1.165, 1.54) is 0 Å². The number of carbonyl (C=O) groups is 1. The SMILES string of the molecule is O=C(NCCCCCCNc1n[n+]([O-])c2ccccc2[n+]1[O-])c1ccnc2ccccc12. The molecule has 2 N–H and O–H groups in total. The van der Waals surface area contributed by atoms with Crippen LogP contribution in [0.2, 0.25) is 0 Å². The van der Waals surface area contributed by atoms with Crippen molar-refractivity contribution in [3.05, 3.63) is 76.8 Å². The van der Waals surface area contributed by atoms with Gasteiger partial charge in [0.1, 0.15) is 0 Å². The molecule has 0 bridgehead atoms. The van der Waals surface area contributed by atoms with E-state index in [0.717, 1.165) is 36.6 Å². The van der Waals surface area contributed by atoms with Crippen LogP contribution in [0.15, 0.2) is 60.8 Å². The van der Waals surface area contributed by atoms with E-state index in [1.807, 2.05) is 24.3 Å². The van der Waals surface area contributed by atoms with Gasteiger partial charge >= 0.3 is 5.95 Å². The number of carbonyl (C=O) groups excluding carboxylic acids is 1. The molecule has 1 amide bonds. The number of hydrogen-bond acceptors (Lipinski definition) is 6. The fourth-order valence-corrected chi connectivity index (χ4v) is 3.59. The van der Waals surface area contributed by atoms with Crippen molar-refractivity contribution in [1.82, 2.24) is 15.4 Å². The Morgan fingerprint density at radius 1 is 0.875 bits per heavy atom. The maximum atomic E-state index is 12.5. The van der Waals surface area contributed by atoms with Crippen molar-refractivity contribution in [2.24, 2.45) is 0 Å². The summed E-state index contributed by atoms with van der Waals surface area (Å²) in [5.74, 6) is -0.103. The largest absolute Gasteiger partial charge is 0.739 e. The molecule has 0 atom stereocenters. The molecule has 0 saturated heterocycles. The second kappa shape index (κ2) is 9.86. The molecule has 0 unspecified atom stereocenters. The maximum Gasteiger partial charge on any atom is 0.460 e. The van der Waals surface area contributed by atoms with Gasteiger partial charge in [0.2, 0.25) is 5.10 Å². The zero-order valence-corrected chi connectivity index (χ0v) is 17.5. The lowest BCUT2D eigenvalue weighted by Gasteiger charge is -2.10. The van der Waals surface area contributed by atoms with Gasteiger partial charge in [0, 0.05) is 29.0 Å². The number of unbranched alkanes of at least 4 members (excludes halogenated alkanes) is 3. The molecular weight excluding hydrogens is 408 g/mol. The predicted octanol–water partition coefficient (Wildman–Crippen LogP) is 2.45. The number of fused-ring (bicyclic) bond motifs is 2. The van der Waals surface area contributed by atoms with Crippen LogP contribution in [-0.4, -0.2) is 29.1 Å². The first-order valence-electron chi connectivity index (χ1n) is 10.6. The Kier molecular flexibility index (Phi) is 6.54. The van der Waals surface area contributed by atoms with Crippen LogP contribution >= 0.6 is 0 Å². The van der Waals surface area contributed by atoms with Crippen molar-refractivity contribution < 1.29 is 14.4 Å². The first-order chi connectivity index (χ1) is 15.6. The van der Waals surface area contributed by atoms with Crippen molar-refractivity contribution in [3.63, 3.8) is 0 Å². The number of benzene rings is 2. The van der Waals surface area contributed by atoms with Gasteiger partial charge in [-0.2, -0.15) is 0 Å². The summed E-state index contributed by atoms with van der Waals surface area (Å²) < 4.78 is 0.641. The topological polar surface area (TPSA) is 121 Å². The Labute approximate surface area is 184 Å². The lowest BCUT2D eigenvalue weighted by atomic mass is 10.1. The van der Waals surface area contributed by atoms with Gasteiger partial charge in [-0.3, -0.25) is 15.1 Å². The Morgan fingerprint density at radius 2 is 1.59 bits per heavy atom. The Morgan fingerprint density at radius 3 is 2.44 bits per heavy atom. The second-order valence-electron chi connectivity index (χ2n) is 7.45. The van der Waals surface area contributed by atoms with Gasteiger partial charge in [-0.25, -0.2) is 4.73 Å². The molecule has 0 radical (unpaired) electrons. The number of anilines is 1. The van der Waals surface area contributed by atoms with Gasteiger partial charge in [-0.15, -0.1) is 0 Å². The molecule has 0 saturated carbocycles. The average Bonchev–Trinajstić information content (AvgIpc) is 2.83. The number of pyridine rings is 1. The minimum absolute atomic E-state index is 0.00413. The van der Waals surface area contributed by atoms with Crippen molar-refractivity contribution in [1.29, 1.82) is 0 Å². The van der Waals surface area contributed by atoms with Crippen molar-refractivity contribution in [2.75, 3.05) is 18.4 Å². The van der Waals surface area contributed by atoms with Gasteiger partial charge < -0.3 is 15.7 Å². The van der Waals surface area contributed by atoms with Gasteiger partial charge in [0.05, 0.1) is 17.6 Å². The van der Waals surface area contributed by atoms with Crippen LogP contribution in [0.25, 0.3) is 21.9 Å². The number of aromatic nitrogens is 4. The molecule has 0 aliphatic heterocycles. The molecule has 0 aliphatic rings. The van der Waals surface area contributed by atoms with Crippen LogP contribution < -0.4 is 20.2 Å². The Bertz CT molecular complexity index is 1240. The van der Waals surface area contributed by atoms with E-state index in [2.05, 4.69) is 20.7 Å². The number of hydrogen-bond donors (Lipinski definition) is 2. The molecule has 9 heteroatoms. The van der Waals surface area contributed by atoms with Crippen molar-refractivity contribution in [2.45, 2.75) is 25.7 Å². The molecule has 32 heavy (non-hydrogen) atoms. The number of amides is 1. The summed E-state index contributed by atoms with van der Waals surface area (Å²) in [5, 5.41) is 34.8. The third kappa shape index (κ3) is 4.66. The summed E-state index contributed by atoms with van der Waals surface area (Å²) in [5.41, 5.74) is 1.94. The van der Waals surface area contributed by atoms with Gasteiger partial charge in [0.15, 0.2) is 5.52 Å². The number of nitrogens with one attached hydrogen (secondary N) is 2. The van der Waals surface area contributed by atoms with Crippen molar-refractivity contribution in [3.8, 4) is 0 Å². The van der Waals surface area contributed by atoms with Crippen LogP contribution in [0.5, 0.6) is 0 Å². The van der Waals surface area contributed by atoms with E-state index >= 15 is 0 Å². The lowest BCUT2D eigenvalue weighted by molar-refractivity contribution is -0.672. The fourth-order valence-electron chi connectivity index (χ4n) is 3.59. The Hall–Kier alpha value is -4.01. The molecule has 2 aromatic heterocycles. The molecular formula is C23H24N6O3. The van der Waals surface area contributed by atoms with Crippen LogP contribution in [0.1, 0.15) is 36.0 Å². The van der Waals surface area contributed by atoms with E-state index in [9.17, 15) is 15.2 Å². The van der Waals surface area contributed by atoms with Crippen LogP contribution in [0, 0.1) is 10.4 Å². The molecule has 0 fully saturated rings. The highest BCUT2D eigenvalue weighted by molar-refractivity contribution is 6.05. The highest BCUT2D eigenvalue weighted by atomic mass is 16.5. The second-order valence-corrected chi connectivity index (χ2v) is 7.45. The zero-order chi connectivity index (χ0) is 22.3. The standard InChI is InChI=1S/C23H24N6O3/c30-22(18-13-16-24-19-10-4-3-9-17(18)19)25-14-7-1-2-8-15-26-23-27-29(32)21-12-6-5-11-20(21)28(23)31/h3-6,9-13,16H,1-2,7-8,14-15H2,(H,25,30)(H,26,27). The molecule has 4 rings (SSSR count). The minimum atomic E-state index is -0.0986. The van der Waals surface area contributed by atoms with Gasteiger partial charge in [-0.05, 0) is 31.0 Å². The summed E-state index contributed by atoms with van der Waals surface area (Å²) in [4.78, 5) is 17.2. The zero-order valence-electron chi connectivity index (χ0n) is 17.5. The van der Waals surface area contributed by atoms with E-state index in [-0.39, 0.29) is 22.9 Å². The summed E-state index contributed by atoms with van der Waals surface area (Å²) in [6.07, 6.45) is 5.17. The molecule has 0 spiro atoms. The Balaban J connectivity index is 1.18.